The molecule has 0 amide bonds. The number of rotatable bonds is 1. The number of carbonyl (C=O) groups is 2. The van der Waals surface area contributed by atoms with Gasteiger partial charge in [0.15, 0.2) is 0 Å². The number of hydrogen-bond acceptors (Lipinski definition) is 3. The number of cyclic esters (lactones) is 2. The Hall–Kier alpha value is -1.12. The molecule has 2 rings (SSSR count). The molecule has 76 valence electrons. The molecule has 2 unspecified atom stereocenters. The Morgan fingerprint density at radius 2 is 1.93 bits per heavy atom. The third kappa shape index (κ3) is 1.37. The topological polar surface area (TPSA) is 43.4 Å². The summed E-state index contributed by atoms with van der Waals surface area (Å²) < 4.78 is 4.63. The summed E-state index contributed by atoms with van der Waals surface area (Å²) in [4.78, 5) is 22.5. The predicted molar refractivity (Wildman–Crippen MR) is 50.2 cm³/mol. The SMILES string of the molecule is CC(C)C1=CCC2C(=O)OC(=O)C2C1. The van der Waals surface area contributed by atoms with Crippen LogP contribution in [0, 0.1) is 17.8 Å². The van der Waals surface area contributed by atoms with Crippen molar-refractivity contribution >= 4 is 11.9 Å². The van der Waals surface area contributed by atoms with Crippen LogP contribution in [0.3, 0.4) is 0 Å². The van der Waals surface area contributed by atoms with Gasteiger partial charge in [-0.3, -0.25) is 9.59 Å². The molecule has 0 bridgehead atoms. The van der Waals surface area contributed by atoms with Gasteiger partial charge in [0.05, 0.1) is 11.8 Å². The zero-order valence-electron chi connectivity index (χ0n) is 8.45. The highest BCUT2D eigenvalue weighted by atomic mass is 16.6. The Bertz CT molecular complexity index is 314. The summed E-state index contributed by atoms with van der Waals surface area (Å²) in [6.45, 7) is 4.21. The number of carbonyl (C=O) groups excluding carboxylic acids is 2. The van der Waals surface area contributed by atoms with Crippen LogP contribution in [0.5, 0.6) is 0 Å². The van der Waals surface area contributed by atoms with Crippen LogP contribution in [0.1, 0.15) is 26.7 Å². The van der Waals surface area contributed by atoms with E-state index in [0.29, 0.717) is 18.8 Å². The van der Waals surface area contributed by atoms with Crippen molar-refractivity contribution in [2.45, 2.75) is 26.7 Å². The number of hydrogen-bond donors (Lipinski definition) is 0. The number of fused-ring (bicyclic) bond motifs is 1. The van der Waals surface area contributed by atoms with Crippen molar-refractivity contribution in [2.75, 3.05) is 0 Å². The molecule has 0 N–H and O–H groups in total. The van der Waals surface area contributed by atoms with E-state index in [1.54, 1.807) is 0 Å². The molecular formula is C11H14O3. The van der Waals surface area contributed by atoms with Gasteiger partial charge in [-0.25, -0.2) is 0 Å². The second kappa shape index (κ2) is 3.23. The molecule has 1 saturated heterocycles. The van der Waals surface area contributed by atoms with E-state index in [2.05, 4.69) is 24.7 Å². The standard InChI is InChI=1S/C11H14O3/c1-6(2)7-3-4-8-9(5-7)11(13)14-10(8)12/h3,6,8-9H,4-5H2,1-2H3. The molecule has 0 saturated carbocycles. The van der Waals surface area contributed by atoms with Crippen molar-refractivity contribution in [3.05, 3.63) is 11.6 Å². The third-order valence-corrected chi connectivity index (χ3v) is 3.12. The van der Waals surface area contributed by atoms with Gasteiger partial charge in [0, 0.05) is 0 Å². The van der Waals surface area contributed by atoms with Crippen molar-refractivity contribution < 1.29 is 14.3 Å². The van der Waals surface area contributed by atoms with E-state index in [-0.39, 0.29) is 23.8 Å². The van der Waals surface area contributed by atoms with E-state index in [9.17, 15) is 9.59 Å². The second-order valence-electron chi connectivity index (χ2n) is 4.33. The molecule has 0 spiro atoms. The molecule has 2 atom stereocenters. The Morgan fingerprint density at radius 1 is 1.29 bits per heavy atom. The lowest BCUT2D eigenvalue weighted by molar-refractivity contribution is -0.153. The van der Waals surface area contributed by atoms with E-state index >= 15 is 0 Å². The first-order valence-electron chi connectivity index (χ1n) is 5.04. The zero-order valence-corrected chi connectivity index (χ0v) is 8.45. The largest absolute Gasteiger partial charge is 0.393 e. The van der Waals surface area contributed by atoms with Crippen molar-refractivity contribution in [2.24, 2.45) is 17.8 Å². The minimum absolute atomic E-state index is 0.204. The second-order valence-corrected chi connectivity index (χ2v) is 4.33. The maximum absolute atomic E-state index is 11.3. The van der Waals surface area contributed by atoms with Gasteiger partial charge in [0.1, 0.15) is 0 Å². The van der Waals surface area contributed by atoms with Gasteiger partial charge in [-0.05, 0) is 18.8 Å². The van der Waals surface area contributed by atoms with Crippen LogP contribution >= 0.6 is 0 Å². The van der Waals surface area contributed by atoms with Crippen molar-refractivity contribution in [1.29, 1.82) is 0 Å². The summed E-state index contributed by atoms with van der Waals surface area (Å²) in [5.41, 5.74) is 1.28. The number of ether oxygens (including phenoxy) is 1. The van der Waals surface area contributed by atoms with Crippen LogP contribution in [0.2, 0.25) is 0 Å². The van der Waals surface area contributed by atoms with E-state index < -0.39 is 0 Å². The van der Waals surface area contributed by atoms with Gasteiger partial charge >= 0.3 is 11.9 Å². The first-order valence-corrected chi connectivity index (χ1v) is 5.04. The fourth-order valence-electron chi connectivity index (χ4n) is 2.15. The molecule has 0 aromatic heterocycles. The summed E-state index contributed by atoms with van der Waals surface area (Å²) in [6.07, 6.45) is 3.46. The highest BCUT2D eigenvalue weighted by Crippen LogP contribution is 2.38. The molecule has 0 aromatic rings. The quantitative estimate of drug-likeness (QED) is 0.362. The number of esters is 2. The van der Waals surface area contributed by atoms with Crippen molar-refractivity contribution in [3.63, 3.8) is 0 Å². The molecule has 1 fully saturated rings. The maximum atomic E-state index is 11.3. The summed E-state index contributed by atoms with van der Waals surface area (Å²) in [7, 11) is 0. The van der Waals surface area contributed by atoms with Crippen LogP contribution in [0.4, 0.5) is 0 Å². The van der Waals surface area contributed by atoms with E-state index in [1.807, 2.05) is 0 Å². The van der Waals surface area contributed by atoms with Gasteiger partial charge < -0.3 is 4.74 Å². The smallest absolute Gasteiger partial charge is 0.317 e. The first kappa shape index (κ1) is 9.44. The van der Waals surface area contributed by atoms with E-state index in [1.165, 1.54) is 5.57 Å². The fraction of sp³-hybridized carbons (Fsp3) is 0.636. The van der Waals surface area contributed by atoms with Crippen LogP contribution in [-0.2, 0) is 14.3 Å². The molecule has 2 aliphatic rings. The van der Waals surface area contributed by atoms with Crippen molar-refractivity contribution in [1.82, 2.24) is 0 Å². The molecule has 3 nitrogen and oxygen atoms in total. The predicted octanol–water partition coefficient (Wildman–Crippen LogP) is 1.68. The average Bonchev–Trinajstić information content (AvgIpc) is 2.42. The van der Waals surface area contributed by atoms with Crippen LogP contribution in [0.15, 0.2) is 11.6 Å². The maximum Gasteiger partial charge on any atom is 0.317 e. The average molecular weight is 194 g/mol. The molecule has 0 radical (unpaired) electrons. The fourth-order valence-corrected chi connectivity index (χ4v) is 2.15. The minimum Gasteiger partial charge on any atom is -0.393 e. The summed E-state index contributed by atoms with van der Waals surface area (Å²) in [6, 6.07) is 0. The Kier molecular flexibility index (Phi) is 2.17. The van der Waals surface area contributed by atoms with Crippen LogP contribution < -0.4 is 0 Å². The van der Waals surface area contributed by atoms with Gasteiger partial charge in [-0.15, -0.1) is 0 Å². The van der Waals surface area contributed by atoms with Crippen LogP contribution in [0.25, 0.3) is 0 Å². The highest BCUT2D eigenvalue weighted by molar-refractivity contribution is 5.96. The van der Waals surface area contributed by atoms with Crippen molar-refractivity contribution in [3.8, 4) is 0 Å². The normalized spacial score (nSPS) is 31.5. The minimum atomic E-state index is -0.334. The molecule has 1 heterocycles. The lowest BCUT2D eigenvalue weighted by Gasteiger charge is -2.22. The first-order chi connectivity index (χ1) is 6.59. The summed E-state index contributed by atoms with van der Waals surface area (Å²) in [5, 5.41) is 0. The van der Waals surface area contributed by atoms with E-state index in [0.717, 1.165) is 0 Å². The Balaban J connectivity index is 2.20. The summed E-state index contributed by atoms with van der Waals surface area (Å²) >= 11 is 0. The molecule has 14 heavy (non-hydrogen) atoms. The molecule has 1 aliphatic heterocycles. The molecule has 0 aromatic carbocycles. The monoisotopic (exact) mass is 194 g/mol. The highest BCUT2D eigenvalue weighted by Gasteiger charge is 2.45. The van der Waals surface area contributed by atoms with Gasteiger partial charge in [0.2, 0.25) is 0 Å². The third-order valence-electron chi connectivity index (χ3n) is 3.12. The lowest BCUT2D eigenvalue weighted by Crippen LogP contribution is -2.22. The zero-order chi connectivity index (χ0) is 10.3. The number of allylic oxidation sites excluding steroid dienone is 2. The molecular weight excluding hydrogens is 180 g/mol. The van der Waals surface area contributed by atoms with Gasteiger partial charge in [-0.2, -0.15) is 0 Å². The summed E-state index contributed by atoms with van der Waals surface area (Å²) in [5.74, 6) is -0.611. The Labute approximate surface area is 83.1 Å². The Morgan fingerprint density at radius 3 is 2.57 bits per heavy atom. The lowest BCUT2D eigenvalue weighted by atomic mass is 9.78. The van der Waals surface area contributed by atoms with Crippen LogP contribution in [-0.4, -0.2) is 11.9 Å². The van der Waals surface area contributed by atoms with E-state index in [4.69, 9.17) is 0 Å². The molecule has 1 aliphatic carbocycles. The van der Waals surface area contributed by atoms with Gasteiger partial charge in [0.25, 0.3) is 0 Å². The van der Waals surface area contributed by atoms with Gasteiger partial charge in [-0.1, -0.05) is 25.5 Å². The molecule has 3 heteroatoms.